The van der Waals surface area contributed by atoms with E-state index in [-0.39, 0.29) is 11.6 Å². The number of nitrogens with zero attached hydrogens (tertiary/aromatic N) is 1. The molecule has 0 radical (unpaired) electrons. The highest BCUT2D eigenvalue weighted by Crippen LogP contribution is 2.21. The number of piperidine rings is 1. The second-order valence-corrected chi connectivity index (χ2v) is 5.86. The third-order valence-corrected chi connectivity index (χ3v) is 3.06. The van der Waals surface area contributed by atoms with Crippen LogP contribution in [-0.2, 0) is 0 Å². The van der Waals surface area contributed by atoms with Gasteiger partial charge in [-0.05, 0) is 53.0 Å². The van der Waals surface area contributed by atoms with Crippen molar-refractivity contribution >= 4 is 6.03 Å². The zero-order valence-corrected chi connectivity index (χ0v) is 10.9. The summed E-state index contributed by atoms with van der Waals surface area (Å²) >= 11 is 0. The van der Waals surface area contributed by atoms with Crippen molar-refractivity contribution in [2.45, 2.75) is 52.1 Å². The van der Waals surface area contributed by atoms with E-state index < -0.39 is 0 Å². The summed E-state index contributed by atoms with van der Waals surface area (Å²) in [5.74, 6) is 0.460. The molecule has 4 nitrogen and oxygen atoms in total. The monoisotopic (exact) mass is 227 g/mol. The average molecular weight is 227 g/mol. The quantitative estimate of drug-likeness (QED) is 0.714. The van der Waals surface area contributed by atoms with Crippen LogP contribution in [0.1, 0.15) is 40.5 Å². The Balaban J connectivity index is 2.59. The van der Waals surface area contributed by atoms with Gasteiger partial charge in [-0.25, -0.2) is 4.79 Å². The summed E-state index contributed by atoms with van der Waals surface area (Å²) in [5, 5.41) is 3.01. The molecule has 2 unspecified atom stereocenters. The fraction of sp³-hybridized carbons (Fsp3) is 0.917. The van der Waals surface area contributed by atoms with Crippen LogP contribution in [0.3, 0.4) is 0 Å². The molecule has 2 amide bonds. The highest BCUT2D eigenvalue weighted by Gasteiger charge is 2.29. The summed E-state index contributed by atoms with van der Waals surface area (Å²) in [6.07, 6.45) is 2.19. The number of amides is 2. The molecule has 0 aromatic heterocycles. The van der Waals surface area contributed by atoms with E-state index in [2.05, 4.69) is 12.2 Å². The van der Waals surface area contributed by atoms with Crippen molar-refractivity contribution < 1.29 is 4.79 Å². The van der Waals surface area contributed by atoms with Crippen LogP contribution >= 0.6 is 0 Å². The molecule has 3 N–H and O–H groups in total. The van der Waals surface area contributed by atoms with E-state index in [4.69, 9.17) is 5.73 Å². The van der Waals surface area contributed by atoms with Crippen LogP contribution in [-0.4, -0.2) is 35.6 Å². The van der Waals surface area contributed by atoms with Crippen molar-refractivity contribution in [1.82, 2.24) is 10.2 Å². The third kappa shape index (κ3) is 3.67. The van der Waals surface area contributed by atoms with Crippen molar-refractivity contribution in [2.75, 3.05) is 13.1 Å². The Morgan fingerprint density at radius 2 is 2.06 bits per heavy atom. The Labute approximate surface area is 98.6 Å². The van der Waals surface area contributed by atoms with E-state index in [1.165, 1.54) is 0 Å². The minimum absolute atomic E-state index is 0.0400. The molecule has 0 saturated carbocycles. The molecule has 16 heavy (non-hydrogen) atoms. The molecule has 0 aliphatic carbocycles. The molecule has 0 aromatic carbocycles. The summed E-state index contributed by atoms with van der Waals surface area (Å²) in [7, 11) is 0. The van der Waals surface area contributed by atoms with Crippen LogP contribution in [0.4, 0.5) is 4.79 Å². The molecular formula is C12H25N3O. The standard InChI is InChI=1S/C12H25N3O/c1-9-5-6-10(7-13)8-15(9)11(16)14-12(2,3)4/h9-10H,5-8,13H2,1-4H3,(H,14,16). The highest BCUT2D eigenvalue weighted by molar-refractivity contribution is 5.75. The zero-order valence-electron chi connectivity index (χ0n) is 10.9. The van der Waals surface area contributed by atoms with Gasteiger partial charge in [0.1, 0.15) is 0 Å². The number of carbonyl (C=O) groups excluding carboxylic acids is 1. The number of carbonyl (C=O) groups is 1. The molecule has 1 aliphatic heterocycles. The molecule has 1 saturated heterocycles. The van der Waals surface area contributed by atoms with Gasteiger partial charge in [-0.1, -0.05) is 0 Å². The van der Waals surface area contributed by atoms with Crippen molar-refractivity contribution in [2.24, 2.45) is 11.7 Å². The van der Waals surface area contributed by atoms with E-state index in [1.54, 1.807) is 0 Å². The summed E-state index contributed by atoms with van der Waals surface area (Å²) < 4.78 is 0. The molecule has 1 fully saturated rings. The molecule has 1 heterocycles. The van der Waals surface area contributed by atoms with Crippen LogP contribution in [0.15, 0.2) is 0 Å². The first-order chi connectivity index (χ1) is 7.33. The lowest BCUT2D eigenvalue weighted by atomic mass is 9.94. The minimum atomic E-state index is -0.174. The van der Waals surface area contributed by atoms with Crippen molar-refractivity contribution in [3.8, 4) is 0 Å². The molecule has 1 rings (SSSR count). The van der Waals surface area contributed by atoms with Gasteiger partial charge in [-0.15, -0.1) is 0 Å². The Hall–Kier alpha value is -0.770. The van der Waals surface area contributed by atoms with Crippen LogP contribution in [0, 0.1) is 5.92 Å². The van der Waals surface area contributed by atoms with Gasteiger partial charge in [0, 0.05) is 18.1 Å². The lowest BCUT2D eigenvalue weighted by Gasteiger charge is -2.39. The first-order valence-electron chi connectivity index (χ1n) is 6.12. The third-order valence-electron chi connectivity index (χ3n) is 3.06. The number of hydrogen-bond donors (Lipinski definition) is 2. The Morgan fingerprint density at radius 3 is 2.56 bits per heavy atom. The van der Waals surface area contributed by atoms with E-state index in [9.17, 15) is 4.79 Å². The van der Waals surface area contributed by atoms with Crippen molar-refractivity contribution in [3.05, 3.63) is 0 Å². The van der Waals surface area contributed by atoms with Crippen LogP contribution in [0.25, 0.3) is 0 Å². The van der Waals surface area contributed by atoms with Crippen molar-refractivity contribution in [1.29, 1.82) is 0 Å². The lowest BCUT2D eigenvalue weighted by Crippen LogP contribution is -2.55. The van der Waals surface area contributed by atoms with E-state index in [0.29, 0.717) is 18.5 Å². The number of hydrogen-bond acceptors (Lipinski definition) is 2. The molecule has 0 aromatic rings. The van der Waals surface area contributed by atoms with Gasteiger partial charge >= 0.3 is 6.03 Å². The van der Waals surface area contributed by atoms with Gasteiger partial charge < -0.3 is 16.0 Å². The highest BCUT2D eigenvalue weighted by atomic mass is 16.2. The normalized spacial score (nSPS) is 26.7. The SMILES string of the molecule is CC1CCC(CN)CN1C(=O)NC(C)(C)C. The Kier molecular flexibility index (Phi) is 4.19. The molecule has 0 spiro atoms. The molecule has 0 bridgehead atoms. The van der Waals surface area contributed by atoms with Gasteiger partial charge in [0.15, 0.2) is 0 Å². The fourth-order valence-corrected chi connectivity index (χ4v) is 2.05. The molecule has 1 aliphatic rings. The summed E-state index contributed by atoms with van der Waals surface area (Å²) in [6.45, 7) is 9.57. The maximum atomic E-state index is 12.1. The number of nitrogens with one attached hydrogen (secondary N) is 1. The minimum Gasteiger partial charge on any atom is -0.333 e. The predicted molar refractivity (Wildman–Crippen MR) is 66.2 cm³/mol. The van der Waals surface area contributed by atoms with Gasteiger partial charge in [0.2, 0.25) is 0 Å². The van der Waals surface area contributed by atoms with E-state index in [0.717, 1.165) is 19.4 Å². The van der Waals surface area contributed by atoms with E-state index >= 15 is 0 Å². The molecular weight excluding hydrogens is 202 g/mol. The maximum absolute atomic E-state index is 12.1. The Bertz CT molecular complexity index is 247. The number of likely N-dealkylation sites (tertiary alicyclic amines) is 1. The average Bonchev–Trinajstić information content (AvgIpc) is 2.15. The van der Waals surface area contributed by atoms with Crippen LogP contribution in [0.5, 0.6) is 0 Å². The largest absolute Gasteiger partial charge is 0.333 e. The van der Waals surface area contributed by atoms with E-state index in [1.807, 2.05) is 25.7 Å². The van der Waals surface area contributed by atoms with Gasteiger partial charge in [0.05, 0.1) is 0 Å². The Morgan fingerprint density at radius 1 is 1.44 bits per heavy atom. The second-order valence-electron chi connectivity index (χ2n) is 5.86. The first kappa shape index (κ1) is 13.3. The van der Waals surface area contributed by atoms with Gasteiger partial charge in [-0.3, -0.25) is 0 Å². The van der Waals surface area contributed by atoms with Crippen LogP contribution in [0.2, 0.25) is 0 Å². The topological polar surface area (TPSA) is 58.4 Å². The molecule has 94 valence electrons. The number of nitrogens with two attached hydrogens (primary N) is 1. The predicted octanol–water partition coefficient (Wildman–Crippen LogP) is 1.55. The number of urea groups is 1. The van der Waals surface area contributed by atoms with Crippen LogP contribution < -0.4 is 11.1 Å². The smallest absolute Gasteiger partial charge is 0.318 e. The van der Waals surface area contributed by atoms with Gasteiger partial charge in [-0.2, -0.15) is 0 Å². The number of rotatable bonds is 1. The second kappa shape index (κ2) is 5.04. The molecule has 2 atom stereocenters. The maximum Gasteiger partial charge on any atom is 0.318 e. The van der Waals surface area contributed by atoms with Gasteiger partial charge in [0.25, 0.3) is 0 Å². The fourth-order valence-electron chi connectivity index (χ4n) is 2.05. The first-order valence-corrected chi connectivity index (χ1v) is 6.12. The summed E-state index contributed by atoms with van der Waals surface area (Å²) in [6, 6.07) is 0.364. The molecule has 4 heteroatoms. The summed E-state index contributed by atoms with van der Waals surface area (Å²) in [4.78, 5) is 14.0. The van der Waals surface area contributed by atoms with Crippen molar-refractivity contribution in [3.63, 3.8) is 0 Å². The zero-order chi connectivity index (χ0) is 12.3. The summed E-state index contributed by atoms with van der Waals surface area (Å²) in [5.41, 5.74) is 5.51. The lowest BCUT2D eigenvalue weighted by molar-refractivity contribution is 0.128.